The number of hydrogen-bond acceptors (Lipinski definition) is 2. The summed E-state index contributed by atoms with van der Waals surface area (Å²) in [5, 5.41) is 0. The van der Waals surface area contributed by atoms with E-state index in [0.717, 1.165) is 12.0 Å². The third kappa shape index (κ3) is 4.73. The van der Waals surface area contributed by atoms with Gasteiger partial charge in [0.2, 0.25) is 0 Å². The van der Waals surface area contributed by atoms with Crippen molar-refractivity contribution in [2.24, 2.45) is 17.8 Å². The maximum atomic E-state index is 12.1. The molecule has 114 valence electrons. The minimum atomic E-state index is -0.219. The molecule has 0 aliphatic heterocycles. The number of esters is 1. The molecule has 2 heteroatoms. The van der Waals surface area contributed by atoms with Crippen LogP contribution in [0.25, 0.3) is 6.08 Å². The molecular weight excluding hydrogens is 260 g/mol. The van der Waals surface area contributed by atoms with Gasteiger partial charge in [-0.3, -0.25) is 0 Å². The molecule has 0 bridgehead atoms. The van der Waals surface area contributed by atoms with Crippen LogP contribution in [0, 0.1) is 17.8 Å². The Morgan fingerprint density at radius 3 is 2.62 bits per heavy atom. The fraction of sp³-hybridized carbons (Fsp3) is 0.526. The summed E-state index contributed by atoms with van der Waals surface area (Å²) in [7, 11) is 0. The minimum absolute atomic E-state index is 0.0710. The van der Waals surface area contributed by atoms with Crippen LogP contribution in [0.3, 0.4) is 0 Å². The van der Waals surface area contributed by atoms with Gasteiger partial charge < -0.3 is 4.74 Å². The Morgan fingerprint density at radius 1 is 1.24 bits per heavy atom. The molecule has 3 atom stereocenters. The van der Waals surface area contributed by atoms with Crippen LogP contribution >= 0.6 is 0 Å². The fourth-order valence-corrected chi connectivity index (χ4v) is 3.17. The summed E-state index contributed by atoms with van der Waals surface area (Å²) in [4.78, 5) is 12.1. The molecule has 21 heavy (non-hydrogen) atoms. The zero-order chi connectivity index (χ0) is 15.2. The highest BCUT2D eigenvalue weighted by Gasteiger charge is 2.32. The monoisotopic (exact) mass is 286 g/mol. The Bertz CT molecular complexity index is 476. The summed E-state index contributed by atoms with van der Waals surface area (Å²) < 4.78 is 5.73. The van der Waals surface area contributed by atoms with Crippen molar-refractivity contribution in [3.63, 3.8) is 0 Å². The second-order valence-electron chi connectivity index (χ2n) is 6.55. The van der Waals surface area contributed by atoms with Crippen LogP contribution in [-0.2, 0) is 9.53 Å². The van der Waals surface area contributed by atoms with E-state index in [1.54, 1.807) is 6.08 Å². The van der Waals surface area contributed by atoms with Crippen molar-refractivity contribution < 1.29 is 9.53 Å². The first kappa shape index (κ1) is 15.8. The Balaban J connectivity index is 1.95. The molecule has 1 aromatic rings. The average Bonchev–Trinajstić information content (AvgIpc) is 2.46. The van der Waals surface area contributed by atoms with Gasteiger partial charge in [0.15, 0.2) is 0 Å². The lowest BCUT2D eigenvalue weighted by Crippen LogP contribution is -2.35. The van der Waals surface area contributed by atoms with E-state index in [4.69, 9.17) is 4.74 Å². The number of ether oxygens (including phenoxy) is 1. The first-order valence-corrected chi connectivity index (χ1v) is 8.00. The Hall–Kier alpha value is -1.57. The minimum Gasteiger partial charge on any atom is -0.459 e. The molecular formula is C19H26O2. The fourth-order valence-electron chi connectivity index (χ4n) is 3.17. The molecule has 1 aliphatic rings. The predicted octanol–water partition coefficient (Wildman–Crippen LogP) is 4.70. The highest BCUT2D eigenvalue weighted by Crippen LogP contribution is 2.35. The van der Waals surface area contributed by atoms with Gasteiger partial charge in [-0.1, -0.05) is 57.5 Å². The summed E-state index contributed by atoms with van der Waals surface area (Å²) in [6, 6.07) is 9.84. The molecule has 0 N–H and O–H groups in total. The van der Waals surface area contributed by atoms with Gasteiger partial charge in [0.05, 0.1) is 0 Å². The molecule has 2 nitrogen and oxygen atoms in total. The SMILES string of the molecule is CC(C)[C@@H]1CC[C@@H](C)C[C@H]1OC(=O)/C=C/c1ccccc1. The lowest BCUT2D eigenvalue weighted by atomic mass is 9.75. The number of carbonyl (C=O) groups excluding carboxylic acids is 1. The molecule has 0 radical (unpaired) electrons. The predicted molar refractivity (Wildman–Crippen MR) is 86.7 cm³/mol. The maximum absolute atomic E-state index is 12.1. The van der Waals surface area contributed by atoms with Gasteiger partial charge in [0.1, 0.15) is 6.10 Å². The van der Waals surface area contributed by atoms with E-state index in [2.05, 4.69) is 20.8 Å². The quantitative estimate of drug-likeness (QED) is 0.592. The highest BCUT2D eigenvalue weighted by molar-refractivity contribution is 5.87. The van der Waals surface area contributed by atoms with Crippen LogP contribution in [-0.4, -0.2) is 12.1 Å². The maximum Gasteiger partial charge on any atom is 0.331 e. The number of rotatable bonds is 4. The molecule has 0 heterocycles. The summed E-state index contributed by atoms with van der Waals surface area (Å²) in [5.41, 5.74) is 1.02. The highest BCUT2D eigenvalue weighted by atomic mass is 16.5. The van der Waals surface area contributed by atoms with Gasteiger partial charge in [0, 0.05) is 6.08 Å². The standard InChI is InChI=1S/C19H26O2/c1-14(2)17-11-9-15(3)13-18(17)21-19(20)12-10-16-7-5-4-6-8-16/h4-8,10,12,14-15,17-18H,9,11,13H2,1-3H3/b12-10+/t15-,17+,18-/m1/s1. The van der Waals surface area contributed by atoms with Crippen molar-refractivity contribution in [3.05, 3.63) is 42.0 Å². The van der Waals surface area contributed by atoms with Gasteiger partial charge in [-0.25, -0.2) is 4.79 Å². The van der Waals surface area contributed by atoms with Crippen LogP contribution in [0.1, 0.15) is 45.6 Å². The Kier molecular flexibility index (Phi) is 5.60. The van der Waals surface area contributed by atoms with Gasteiger partial charge in [-0.2, -0.15) is 0 Å². The number of hydrogen-bond donors (Lipinski definition) is 0. The molecule has 1 aliphatic carbocycles. The molecule has 0 saturated heterocycles. The zero-order valence-electron chi connectivity index (χ0n) is 13.3. The number of benzene rings is 1. The number of carbonyl (C=O) groups is 1. The summed E-state index contributed by atoms with van der Waals surface area (Å²) in [6.45, 7) is 6.69. The molecule has 0 unspecified atom stereocenters. The van der Waals surface area contributed by atoms with E-state index in [1.165, 1.54) is 12.8 Å². The molecule has 1 fully saturated rings. The van der Waals surface area contributed by atoms with Gasteiger partial charge in [-0.15, -0.1) is 0 Å². The van der Waals surface area contributed by atoms with E-state index in [9.17, 15) is 4.79 Å². The van der Waals surface area contributed by atoms with E-state index < -0.39 is 0 Å². The van der Waals surface area contributed by atoms with E-state index in [1.807, 2.05) is 36.4 Å². The normalized spacial score (nSPS) is 26.2. The lowest BCUT2D eigenvalue weighted by molar-refractivity contribution is -0.149. The largest absolute Gasteiger partial charge is 0.459 e. The molecule has 0 amide bonds. The second-order valence-corrected chi connectivity index (χ2v) is 6.55. The molecule has 2 rings (SSSR count). The van der Waals surface area contributed by atoms with E-state index in [-0.39, 0.29) is 12.1 Å². The van der Waals surface area contributed by atoms with Crippen molar-refractivity contribution >= 4 is 12.0 Å². The zero-order valence-corrected chi connectivity index (χ0v) is 13.3. The van der Waals surface area contributed by atoms with Gasteiger partial charge >= 0.3 is 5.97 Å². The van der Waals surface area contributed by atoms with Crippen LogP contribution in [0.15, 0.2) is 36.4 Å². The molecule has 0 aromatic heterocycles. The van der Waals surface area contributed by atoms with Crippen LogP contribution in [0.2, 0.25) is 0 Å². The summed E-state index contributed by atoms with van der Waals surface area (Å²) in [5.74, 6) is 1.49. The van der Waals surface area contributed by atoms with Crippen molar-refractivity contribution in [2.75, 3.05) is 0 Å². The smallest absolute Gasteiger partial charge is 0.331 e. The lowest BCUT2D eigenvalue weighted by Gasteiger charge is -2.36. The molecule has 1 aromatic carbocycles. The second kappa shape index (κ2) is 7.44. The average molecular weight is 286 g/mol. The van der Waals surface area contributed by atoms with Crippen molar-refractivity contribution in [2.45, 2.75) is 46.1 Å². The Labute approximate surface area is 128 Å². The van der Waals surface area contributed by atoms with E-state index >= 15 is 0 Å². The van der Waals surface area contributed by atoms with Gasteiger partial charge in [0.25, 0.3) is 0 Å². The van der Waals surface area contributed by atoms with Crippen molar-refractivity contribution in [3.8, 4) is 0 Å². The van der Waals surface area contributed by atoms with Crippen molar-refractivity contribution in [1.29, 1.82) is 0 Å². The third-order valence-electron chi connectivity index (χ3n) is 4.44. The van der Waals surface area contributed by atoms with Crippen LogP contribution in [0.4, 0.5) is 0 Å². The first-order valence-electron chi connectivity index (χ1n) is 8.00. The Morgan fingerprint density at radius 2 is 1.95 bits per heavy atom. The van der Waals surface area contributed by atoms with Crippen molar-refractivity contribution in [1.82, 2.24) is 0 Å². The van der Waals surface area contributed by atoms with Gasteiger partial charge in [-0.05, 0) is 42.2 Å². The van der Waals surface area contributed by atoms with Crippen LogP contribution in [0.5, 0.6) is 0 Å². The molecule has 0 spiro atoms. The summed E-state index contributed by atoms with van der Waals surface area (Å²) >= 11 is 0. The molecule has 1 saturated carbocycles. The topological polar surface area (TPSA) is 26.3 Å². The summed E-state index contributed by atoms with van der Waals surface area (Å²) in [6.07, 6.45) is 6.84. The first-order chi connectivity index (χ1) is 10.1. The third-order valence-corrected chi connectivity index (χ3v) is 4.44. The van der Waals surface area contributed by atoms with E-state index in [0.29, 0.717) is 17.8 Å². The van der Waals surface area contributed by atoms with Crippen LogP contribution < -0.4 is 0 Å².